The van der Waals surface area contributed by atoms with Crippen LogP contribution in [0.1, 0.15) is 124 Å². The summed E-state index contributed by atoms with van der Waals surface area (Å²) in [5.74, 6) is 4.49. The van der Waals surface area contributed by atoms with E-state index < -0.39 is 0 Å². The lowest BCUT2D eigenvalue weighted by atomic mass is 9.44. The molecule has 0 aromatic rings. The van der Waals surface area contributed by atoms with Crippen molar-refractivity contribution in [3.05, 3.63) is 0 Å². The monoisotopic (exact) mass is 388 g/mol. The predicted octanol–water partition coefficient (Wildman–Crippen LogP) is 7.76. The zero-order chi connectivity index (χ0) is 19.8. The highest BCUT2D eigenvalue weighted by Crippen LogP contribution is 2.67. The van der Waals surface area contributed by atoms with Crippen molar-refractivity contribution < 1.29 is 5.11 Å². The van der Waals surface area contributed by atoms with Crippen LogP contribution in [0.3, 0.4) is 0 Å². The number of rotatable bonds is 7. The van der Waals surface area contributed by atoms with Gasteiger partial charge in [0, 0.05) is 0 Å². The number of aliphatic hydroxyl groups is 1. The third-order valence-corrected chi connectivity index (χ3v) is 10.7. The Balaban J connectivity index is 1.38. The van der Waals surface area contributed by atoms with Gasteiger partial charge >= 0.3 is 0 Å². The van der Waals surface area contributed by atoms with E-state index in [-0.39, 0.29) is 6.10 Å². The van der Waals surface area contributed by atoms with Crippen LogP contribution in [0, 0.1) is 40.4 Å². The molecule has 1 nitrogen and oxygen atoms in total. The van der Waals surface area contributed by atoms with Crippen molar-refractivity contribution in [2.45, 2.75) is 130 Å². The highest BCUT2D eigenvalue weighted by molar-refractivity contribution is 5.09. The Morgan fingerprint density at radius 3 is 2.25 bits per heavy atom. The summed E-state index contributed by atoms with van der Waals surface area (Å²) >= 11 is 0. The minimum Gasteiger partial charge on any atom is -0.393 e. The summed E-state index contributed by atoms with van der Waals surface area (Å²) in [5.41, 5.74) is 1.08. The van der Waals surface area contributed by atoms with Gasteiger partial charge in [-0.2, -0.15) is 0 Å². The van der Waals surface area contributed by atoms with Gasteiger partial charge in [0.1, 0.15) is 0 Å². The van der Waals surface area contributed by atoms with Gasteiger partial charge in [-0.1, -0.05) is 65.7 Å². The third-order valence-electron chi connectivity index (χ3n) is 10.7. The Labute approximate surface area is 175 Å². The van der Waals surface area contributed by atoms with E-state index in [0.29, 0.717) is 16.7 Å². The average Bonchev–Trinajstić information content (AvgIpc) is 3.01. The fourth-order valence-electron chi connectivity index (χ4n) is 9.14. The van der Waals surface area contributed by atoms with Crippen LogP contribution in [0.15, 0.2) is 0 Å². The van der Waals surface area contributed by atoms with Crippen LogP contribution in [-0.2, 0) is 0 Å². The topological polar surface area (TPSA) is 20.2 Å². The van der Waals surface area contributed by atoms with Crippen LogP contribution < -0.4 is 0 Å². The van der Waals surface area contributed by atoms with Gasteiger partial charge < -0.3 is 5.11 Å². The molecule has 0 radical (unpaired) electrons. The summed E-state index contributed by atoms with van der Waals surface area (Å²) in [6, 6.07) is 0. The van der Waals surface area contributed by atoms with E-state index in [9.17, 15) is 5.11 Å². The Bertz CT molecular complexity index is 514. The fraction of sp³-hybridized carbons (Fsp3) is 1.00. The maximum absolute atomic E-state index is 10.7. The van der Waals surface area contributed by atoms with E-state index >= 15 is 0 Å². The van der Waals surface area contributed by atoms with E-state index in [1.807, 2.05) is 0 Å². The lowest BCUT2D eigenvalue weighted by Gasteiger charge is -2.61. The smallest absolute Gasteiger partial charge is 0.0573 e. The molecule has 4 fully saturated rings. The number of unbranched alkanes of at least 4 members (excludes halogenated alkanes) is 5. The molecule has 4 rings (SSSR count). The van der Waals surface area contributed by atoms with Gasteiger partial charge in [0.15, 0.2) is 0 Å². The minimum absolute atomic E-state index is 0.00274. The SMILES string of the molecule is CCCCCCCC[C@H]1CC[C@H]2[C@@H]3CC[C@H]4[C@H](O)CCC[C@]4(C)[C@H]3CC[C@]12C. The largest absolute Gasteiger partial charge is 0.393 e. The molecule has 4 aliphatic rings. The molecule has 4 saturated carbocycles. The standard InChI is InChI=1S/C27H48O/c1-4-5-6-7-8-9-11-20-13-15-22-21-14-16-24-25(28)12-10-18-27(24,3)23(21)17-19-26(20,22)2/h20-25,28H,4-19H2,1-3H3/t20-,21-,22-,23-,24-,25+,26+,27+/m0/s1. The van der Waals surface area contributed by atoms with Gasteiger partial charge in [-0.15, -0.1) is 0 Å². The lowest BCUT2D eigenvalue weighted by molar-refractivity contribution is -0.143. The van der Waals surface area contributed by atoms with E-state index in [1.165, 1.54) is 96.3 Å². The van der Waals surface area contributed by atoms with Crippen LogP contribution in [0.2, 0.25) is 0 Å². The highest BCUT2D eigenvalue weighted by Gasteiger charge is 2.60. The Hall–Kier alpha value is -0.0400. The second kappa shape index (κ2) is 8.60. The predicted molar refractivity (Wildman–Crippen MR) is 119 cm³/mol. The molecule has 0 saturated heterocycles. The summed E-state index contributed by atoms with van der Waals surface area (Å²) in [6.07, 6.45) is 22.6. The highest BCUT2D eigenvalue weighted by atomic mass is 16.3. The second-order valence-corrected chi connectivity index (χ2v) is 11.9. The molecule has 0 aromatic heterocycles. The molecular formula is C27H48O. The normalized spacial score (nSPS) is 48.0. The molecule has 0 heterocycles. The summed E-state index contributed by atoms with van der Waals surface area (Å²) in [5, 5.41) is 10.7. The van der Waals surface area contributed by atoms with E-state index in [4.69, 9.17) is 0 Å². The molecule has 28 heavy (non-hydrogen) atoms. The summed E-state index contributed by atoms with van der Waals surface area (Å²) in [6.45, 7) is 7.60. The molecular weight excluding hydrogens is 340 g/mol. The first-order valence-electron chi connectivity index (χ1n) is 13.2. The van der Waals surface area contributed by atoms with Gasteiger partial charge in [0.05, 0.1) is 6.10 Å². The van der Waals surface area contributed by atoms with Crippen LogP contribution in [0.25, 0.3) is 0 Å². The fourth-order valence-corrected chi connectivity index (χ4v) is 9.14. The number of hydrogen-bond donors (Lipinski definition) is 1. The maximum Gasteiger partial charge on any atom is 0.0573 e. The Morgan fingerprint density at radius 2 is 1.43 bits per heavy atom. The molecule has 1 heteroatoms. The summed E-state index contributed by atoms with van der Waals surface area (Å²) < 4.78 is 0. The number of hydrogen-bond acceptors (Lipinski definition) is 1. The van der Waals surface area contributed by atoms with Crippen LogP contribution in [-0.4, -0.2) is 11.2 Å². The first-order chi connectivity index (χ1) is 13.5. The van der Waals surface area contributed by atoms with E-state index in [2.05, 4.69) is 20.8 Å². The number of aliphatic hydroxyl groups excluding tert-OH is 1. The van der Waals surface area contributed by atoms with Gasteiger partial charge in [0.25, 0.3) is 0 Å². The van der Waals surface area contributed by atoms with Crippen LogP contribution in [0.4, 0.5) is 0 Å². The van der Waals surface area contributed by atoms with E-state index in [1.54, 1.807) is 0 Å². The van der Waals surface area contributed by atoms with Crippen molar-refractivity contribution in [3.8, 4) is 0 Å². The molecule has 1 N–H and O–H groups in total. The van der Waals surface area contributed by atoms with Gasteiger partial charge in [0.2, 0.25) is 0 Å². The van der Waals surface area contributed by atoms with Crippen LogP contribution >= 0.6 is 0 Å². The van der Waals surface area contributed by atoms with Crippen molar-refractivity contribution >= 4 is 0 Å². The lowest BCUT2D eigenvalue weighted by Crippen LogP contribution is -2.55. The first-order valence-corrected chi connectivity index (χ1v) is 13.2. The third kappa shape index (κ3) is 3.61. The zero-order valence-corrected chi connectivity index (χ0v) is 19.2. The molecule has 0 aromatic carbocycles. The first kappa shape index (κ1) is 21.2. The molecule has 0 unspecified atom stereocenters. The van der Waals surface area contributed by atoms with Gasteiger partial charge in [-0.05, 0) is 98.2 Å². The average molecular weight is 389 g/mol. The minimum atomic E-state index is -0.00274. The molecule has 0 bridgehead atoms. The molecule has 4 aliphatic carbocycles. The van der Waals surface area contributed by atoms with Crippen molar-refractivity contribution in [2.75, 3.05) is 0 Å². The van der Waals surface area contributed by atoms with Crippen molar-refractivity contribution in [1.82, 2.24) is 0 Å². The summed E-state index contributed by atoms with van der Waals surface area (Å²) in [7, 11) is 0. The molecule has 0 amide bonds. The number of fused-ring (bicyclic) bond motifs is 5. The molecule has 8 atom stereocenters. The Morgan fingerprint density at radius 1 is 0.714 bits per heavy atom. The van der Waals surface area contributed by atoms with Crippen molar-refractivity contribution in [3.63, 3.8) is 0 Å². The maximum atomic E-state index is 10.7. The molecule has 162 valence electrons. The zero-order valence-electron chi connectivity index (χ0n) is 19.2. The Kier molecular flexibility index (Phi) is 6.51. The second-order valence-electron chi connectivity index (χ2n) is 11.9. The molecule has 0 spiro atoms. The van der Waals surface area contributed by atoms with Gasteiger partial charge in [-0.3, -0.25) is 0 Å². The van der Waals surface area contributed by atoms with Crippen LogP contribution in [0.5, 0.6) is 0 Å². The quantitative estimate of drug-likeness (QED) is 0.442. The van der Waals surface area contributed by atoms with Gasteiger partial charge in [-0.25, -0.2) is 0 Å². The van der Waals surface area contributed by atoms with Crippen molar-refractivity contribution in [2.24, 2.45) is 40.4 Å². The molecule has 0 aliphatic heterocycles. The summed E-state index contributed by atoms with van der Waals surface area (Å²) in [4.78, 5) is 0. The van der Waals surface area contributed by atoms with Crippen molar-refractivity contribution in [1.29, 1.82) is 0 Å². The van der Waals surface area contributed by atoms with E-state index in [0.717, 1.165) is 30.1 Å².